The number of hydrogen-bond donors (Lipinski definition) is 1. The Hall–Kier alpha value is -3.85. The Morgan fingerprint density at radius 1 is 1.11 bits per heavy atom. The highest BCUT2D eigenvalue weighted by Gasteiger charge is 2.23. The Bertz CT molecular complexity index is 1400. The van der Waals surface area contributed by atoms with E-state index < -0.39 is 15.9 Å². The number of allylic oxidation sites excluding steroid dienone is 4. The molecule has 0 radical (unpaired) electrons. The monoisotopic (exact) mass is 494 g/mol. The number of hydrogen-bond acceptors (Lipinski definition) is 7. The number of sulfonamides is 1. The van der Waals surface area contributed by atoms with Crippen LogP contribution >= 0.6 is 0 Å². The first kappa shape index (κ1) is 24.3. The molecule has 2 aromatic heterocycles. The third-order valence-corrected chi connectivity index (χ3v) is 7.17. The van der Waals surface area contributed by atoms with Gasteiger partial charge in [-0.3, -0.25) is 9.78 Å². The van der Waals surface area contributed by atoms with Gasteiger partial charge in [-0.25, -0.2) is 13.1 Å². The van der Waals surface area contributed by atoms with Gasteiger partial charge in [-0.2, -0.15) is 0 Å². The van der Waals surface area contributed by atoms with Crippen molar-refractivity contribution in [3.63, 3.8) is 0 Å². The predicted molar refractivity (Wildman–Crippen MR) is 130 cm³/mol. The zero-order valence-corrected chi connectivity index (χ0v) is 20.5. The quantitative estimate of drug-likeness (QED) is 0.484. The van der Waals surface area contributed by atoms with Crippen LogP contribution in [0.4, 0.5) is 0 Å². The molecule has 0 aliphatic heterocycles. The van der Waals surface area contributed by atoms with Crippen molar-refractivity contribution in [2.45, 2.75) is 38.2 Å². The number of carbonyl (C=O) groups is 1. The van der Waals surface area contributed by atoms with Gasteiger partial charge < -0.3 is 13.9 Å². The van der Waals surface area contributed by atoms with E-state index in [2.05, 4.69) is 9.71 Å². The molecule has 0 atom stereocenters. The average molecular weight is 495 g/mol. The number of rotatable bonds is 8. The zero-order chi connectivity index (χ0) is 25.0. The van der Waals surface area contributed by atoms with Crippen molar-refractivity contribution in [1.29, 1.82) is 0 Å². The predicted octanol–water partition coefficient (Wildman–Crippen LogP) is 4.70. The van der Waals surface area contributed by atoms with E-state index in [0.717, 1.165) is 23.4 Å². The topological polar surface area (TPSA) is 108 Å². The Kier molecular flexibility index (Phi) is 7.07. The second kappa shape index (κ2) is 10.2. The first-order chi connectivity index (χ1) is 16.8. The van der Waals surface area contributed by atoms with E-state index in [4.69, 9.17) is 13.9 Å². The molecular weight excluding hydrogens is 468 g/mol. The van der Waals surface area contributed by atoms with Gasteiger partial charge in [0.05, 0.1) is 29.7 Å². The van der Waals surface area contributed by atoms with E-state index in [1.807, 2.05) is 24.3 Å². The second-order valence-electron chi connectivity index (χ2n) is 8.09. The molecule has 1 aliphatic rings. The molecule has 1 N–H and O–H groups in total. The number of methoxy groups -OCH3 is 1. The Labute approximate surface area is 204 Å². The van der Waals surface area contributed by atoms with Gasteiger partial charge in [0.2, 0.25) is 0 Å². The van der Waals surface area contributed by atoms with Gasteiger partial charge in [0.15, 0.2) is 5.76 Å². The Morgan fingerprint density at radius 2 is 1.91 bits per heavy atom. The molecule has 3 aromatic rings. The summed E-state index contributed by atoms with van der Waals surface area (Å²) in [6, 6.07) is 11.7. The fourth-order valence-corrected chi connectivity index (χ4v) is 4.88. The fourth-order valence-electron chi connectivity index (χ4n) is 3.67. The molecule has 1 aromatic carbocycles. The van der Waals surface area contributed by atoms with Crippen molar-refractivity contribution in [2.75, 3.05) is 7.11 Å². The number of nitrogens with one attached hydrogen (secondary N) is 1. The molecule has 2 heterocycles. The van der Waals surface area contributed by atoms with Crippen LogP contribution in [0.1, 0.15) is 46.0 Å². The summed E-state index contributed by atoms with van der Waals surface area (Å²) in [6.45, 7) is 3.56. The highest BCUT2D eigenvalue weighted by Crippen LogP contribution is 2.28. The number of carbonyl (C=O) groups excluding carboxylic acids is 1. The maximum atomic E-state index is 12.6. The molecule has 8 nitrogen and oxygen atoms in total. The summed E-state index contributed by atoms with van der Waals surface area (Å²) in [5, 5.41) is 0. The van der Waals surface area contributed by atoms with Crippen molar-refractivity contribution in [1.82, 2.24) is 9.71 Å². The first-order valence-electron chi connectivity index (χ1n) is 11.0. The van der Waals surface area contributed by atoms with Gasteiger partial charge in [-0.1, -0.05) is 24.3 Å². The highest BCUT2D eigenvalue weighted by atomic mass is 32.2. The number of pyridine rings is 1. The van der Waals surface area contributed by atoms with Crippen LogP contribution < -0.4 is 9.46 Å². The smallest absolute Gasteiger partial charge is 0.300 e. The van der Waals surface area contributed by atoms with E-state index in [-0.39, 0.29) is 17.3 Å². The van der Waals surface area contributed by atoms with Crippen LogP contribution in [-0.4, -0.2) is 26.4 Å². The molecule has 0 saturated heterocycles. The normalized spacial score (nSPS) is 13.6. The molecular formula is C26H26N2O6S. The standard InChI is InChI=1S/C26H26N2O6S/c1-17-6-4-5-7-25(17)35(30,31)28-26(29)24-14-20(18(2)34-24)16-33-21-10-8-19(9-11-21)23-13-12-22(32-3)15-27-23/h4-8,10,12-15H,9,11,16H2,1-3H3,(H,28,29). The number of nitrogens with zero attached hydrogens (tertiary/aromatic N) is 1. The van der Waals surface area contributed by atoms with E-state index in [0.29, 0.717) is 29.1 Å². The SMILES string of the molecule is COc1ccc(C2=CC=C(OCc3cc(C(=O)NS(=O)(=O)c4ccccc4C)oc3C)CC2)nc1. The van der Waals surface area contributed by atoms with Gasteiger partial charge in [0, 0.05) is 12.0 Å². The van der Waals surface area contributed by atoms with Crippen LogP contribution in [0, 0.1) is 13.8 Å². The van der Waals surface area contributed by atoms with Crippen LogP contribution in [0.3, 0.4) is 0 Å². The van der Waals surface area contributed by atoms with Crippen molar-refractivity contribution < 1.29 is 27.1 Å². The second-order valence-corrected chi connectivity index (χ2v) is 9.74. The van der Waals surface area contributed by atoms with Gasteiger partial charge in [0.25, 0.3) is 10.0 Å². The highest BCUT2D eigenvalue weighted by molar-refractivity contribution is 7.90. The summed E-state index contributed by atoms with van der Waals surface area (Å²) < 4.78 is 43.8. The molecule has 1 aliphatic carbocycles. The summed E-state index contributed by atoms with van der Waals surface area (Å²) in [4.78, 5) is 17.0. The zero-order valence-electron chi connectivity index (χ0n) is 19.7. The lowest BCUT2D eigenvalue weighted by Crippen LogP contribution is -2.30. The third kappa shape index (κ3) is 5.63. The van der Waals surface area contributed by atoms with Crippen molar-refractivity contribution in [2.24, 2.45) is 0 Å². The minimum Gasteiger partial charge on any atom is -0.495 e. The summed E-state index contributed by atoms with van der Waals surface area (Å²) >= 11 is 0. The Morgan fingerprint density at radius 3 is 2.57 bits per heavy atom. The number of benzene rings is 1. The summed E-state index contributed by atoms with van der Waals surface area (Å²) in [7, 11) is -2.42. The van der Waals surface area contributed by atoms with E-state index in [1.54, 1.807) is 45.4 Å². The molecule has 4 rings (SSSR count). The molecule has 0 fully saturated rings. The Balaban J connectivity index is 1.39. The fraction of sp³-hybridized carbons (Fsp3) is 0.231. The molecule has 182 valence electrons. The van der Waals surface area contributed by atoms with Crippen molar-refractivity contribution in [3.8, 4) is 5.75 Å². The number of ether oxygens (including phenoxy) is 2. The van der Waals surface area contributed by atoms with Crippen molar-refractivity contribution in [3.05, 3.63) is 94.9 Å². The summed E-state index contributed by atoms with van der Waals surface area (Å²) in [5.41, 5.74) is 3.20. The third-order valence-electron chi connectivity index (χ3n) is 5.68. The molecule has 9 heteroatoms. The van der Waals surface area contributed by atoms with Crippen LogP contribution in [0.5, 0.6) is 5.75 Å². The maximum Gasteiger partial charge on any atom is 0.300 e. The number of furan rings is 1. The van der Waals surface area contributed by atoms with Gasteiger partial charge in [0.1, 0.15) is 18.1 Å². The van der Waals surface area contributed by atoms with Gasteiger partial charge >= 0.3 is 5.91 Å². The van der Waals surface area contributed by atoms with Crippen LogP contribution in [0.25, 0.3) is 5.57 Å². The van der Waals surface area contributed by atoms with E-state index in [1.165, 1.54) is 12.1 Å². The number of aryl methyl sites for hydroxylation is 2. The molecule has 0 unspecified atom stereocenters. The molecule has 1 amide bonds. The van der Waals surface area contributed by atoms with Crippen LogP contribution in [0.2, 0.25) is 0 Å². The lowest BCUT2D eigenvalue weighted by molar-refractivity contribution is 0.0953. The minimum absolute atomic E-state index is 0.0432. The molecule has 35 heavy (non-hydrogen) atoms. The van der Waals surface area contributed by atoms with Crippen LogP contribution in [-0.2, 0) is 21.4 Å². The first-order valence-corrected chi connectivity index (χ1v) is 12.5. The molecule has 0 spiro atoms. The summed E-state index contributed by atoms with van der Waals surface area (Å²) in [6.07, 6.45) is 7.06. The van der Waals surface area contributed by atoms with Crippen molar-refractivity contribution >= 4 is 21.5 Å². The largest absolute Gasteiger partial charge is 0.495 e. The number of aromatic nitrogens is 1. The van der Waals surface area contributed by atoms with Crippen LogP contribution in [0.15, 0.2) is 75.9 Å². The van der Waals surface area contributed by atoms with Gasteiger partial charge in [-0.05, 0) is 61.7 Å². The lowest BCUT2D eigenvalue weighted by atomic mass is 10.0. The summed E-state index contributed by atoms with van der Waals surface area (Å²) in [5.74, 6) is 1.07. The van der Waals surface area contributed by atoms with Gasteiger partial charge in [-0.15, -0.1) is 0 Å². The maximum absolute atomic E-state index is 12.6. The minimum atomic E-state index is -4.02. The van der Waals surface area contributed by atoms with E-state index in [9.17, 15) is 13.2 Å². The average Bonchev–Trinajstić information content (AvgIpc) is 3.23. The lowest BCUT2D eigenvalue weighted by Gasteiger charge is -2.15. The molecule has 0 bridgehead atoms. The van der Waals surface area contributed by atoms with E-state index >= 15 is 0 Å². The number of amides is 1. The molecule has 0 saturated carbocycles.